The third kappa shape index (κ3) is 3.10. The van der Waals surface area contributed by atoms with Crippen LogP contribution in [-0.4, -0.2) is 10.9 Å². The number of hydrogen-bond donors (Lipinski definition) is 1. The van der Waals surface area contributed by atoms with Crippen LogP contribution in [-0.2, 0) is 17.3 Å². The first-order chi connectivity index (χ1) is 13.9. The van der Waals surface area contributed by atoms with Crippen LogP contribution in [0.4, 0.5) is 0 Å². The Kier molecular flexibility index (Phi) is 4.54. The molecule has 3 nitrogen and oxygen atoms in total. The van der Waals surface area contributed by atoms with Crippen molar-refractivity contribution in [1.29, 1.82) is 0 Å². The van der Waals surface area contributed by atoms with Crippen molar-refractivity contribution < 1.29 is 14.6 Å². The summed E-state index contributed by atoms with van der Waals surface area (Å²) in [6.07, 6.45) is 4.31. The zero-order valence-corrected chi connectivity index (χ0v) is 19.4. The van der Waals surface area contributed by atoms with Crippen molar-refractivity contribution in [3.8, 4) is 17.2 Å². The van der Waals surface area contributed by atoms with Gasteiger partial charge in [0, 0.05) is 34.8 Å². The van der Waals surface area contributed by atoms with Gasteiger partial charge < -0.3 is 14.6 Å². The fourth-order valence-electron chi connectivity index (χ4n) is 5.62. The highest BCUT2D eigenvalue weighted by Gasteiger charge is 2.53. The normalized spacial score (nSPS) is 23.2. The van der Waals surface area contributed by atoms with E-state index in [2.05, 4.69) is 54.2 Å². The second-order valence-electron chi connectivity index (χ2n) is 10.5. The van der Waals surface area contributed by atoms with Crippen LogP contribution < -0.4 is 9.47 Å². The zero-order valence-electron chi connectivity index (χ0n) is 19.4. The lowest BCUT2D eigenvalue weighted by atomic mass is 9.67. The van der Waals surface area contributed by atoms with Crippen LogP contribution in [0, 0.1) is 20.8 Å². The number of hydrogen-bond acceptors (Lipinski definition) is 3. The van der Waals surface area contributed by atoms with Crippen LogP contribution in [0.1, 0.15) is 73.9 Å². The molecule has 0 saturated heterocycles. The number of phenols is 1. The molecule has 0 saturated carbocycles. The topological polar surface area (TPSA) is 38.7 Å². The number of benzene rings is 2. The number of fused-ring (bicyclic) bond motifs is 2. The molecule has 0 aromatic heterocycles. The maximum atomic E-state index is 10.3. The Labute approximate surface area is 180 Å². The smallest absolute Gasteiger partial charge is 0.252 e. The fraction of sp³-hybridized carbons (Fsp3) is 0.481. The monoisotopic (exact) mass is 406 g/mol. The number of ether oxygens (including phenoxy) is 2. The van der Waals surface area contributed by atoms with E-state index in [1.165, 1.54) is 22.3 Å². The Morgan fingerprint density at radius 1 is 0.933 bits per heavy atom. The van der Waals surface area contributed by atoms with Crippen LogP contribution >= 0.6 is 0 Å². The Balaban J connectivity index is 1.88. The molecule has 1 N–H and O–H groups in total. The Hall–Kier alpha value is -2.42. The molecule has 4 rings (SSSR count). The van der Waals surface area contributed by atoms with Crippen molar-refractivity contribution in [2.75, 3.05) is 0 Å². The molecule has 2 aliphatic heterocycles. The highest BCUT2D eigenvalue weighted by Crippen LogP contribution is 2.55. The van der Waals surface area contributed by atoms with Crippen LogP contribution in [0.25, 0.3) is 0 Å². The lowest BCUT2D eigenvalue weighted by molar-refractivity contribution is -0.166. The van der Waals surface area contributed by atoms with E-state index in [9.17, 15) is 5.11 Å². The molecule has 0 aliphatic carbocycles. The summed E-state index contributed by atoms with van der Waals surface area (Å²) >= 11 is 0. The highest BCUT2D eigenvalue weighted by atomic mass is 16.7. The van der Waals surface area contributed by atoms with Gasteiger partial charge in [-0.1, -0.05) is 33.8 Å². The van der Waals surface area contributed by atoms with Gasteiger partial charge in [0.15, 0.2) is 0 Å². The van der Waals surface area contributed by atoms with Crippen molar-refractivity contribution >= 4 is 0 Å². The van der Waals surface area contributed by atoms with Gasteiger partial charge in [-0.3, -0.25) is 0 Å². The largest absolute Gasteiger partial charge is 0.508 e. The second-order valence-corrected chi connectivity index (χ2v) is 10.5. The maximum Gasteiger partial charge on any atom is 0.252 e. The summed E-state index contributed by atoms with van der Waals surface area (Å²) in [4.78, 5) is 0. The molecular formula is C27H34O3. The number of allylic oxidation sites excluding steroid dienone is 1. The van der Waals surface area contributed by atoms with Gasteiger partial charge in [-0.2, -0.15) is 0 Å². The molecule has 0 amide bonds. The molecule has 0 bridgehead atoms. The average molecular weight is 407 g/mol. The van der Waals surface area contributed by atoms with E-state index in [1.54, 1.807) is 0 Å². The van der Waals surface area contributed by atoms with E-state index < -0.39 is 5.79 Å². The van der Waals surface area contributed by atoms with Crippen molar-refractivity contribution in [1.82, 2.24) is 0 Å². The highest BCUT2D eigenvalue weighted by molar-refractivity contribution is 5.56. The predicted molar refractivity (Wildman–Crippen MR) is 122 cm³/mol. The van der Waals surface area contributed by atoms with Gasteiger partial charge in [-0.15, -0.1) is 6.58 Å². The summed E-state index contributed by atoms with van der Waals surface area (Å²) in [6, 6.07) is 5.98. The van der Waals surface area contributed by atoms with Gasteiger partial charge in [-0.25, -0.2) is 0 Å². The van der Waals surface area contributed by atoms with Crippen LogP contribution in [0.15, 0.2) is 30.9 Å². The number of aryl methyl sites for hydroxylation is 2. The molecule has 30 heavy (non-hydrogen) atoms. The van der Waals surface area contributed by atoms with Crippen molar-refractivity contribution in [2.45, 2.75) is 84.3 Å². The Morgan fingerprint density at radius 2 is 1.53 bits per heavy atom. The molecule has 1 spiro atoms. The summed E-state index contributed by atoms with van der Waals surface area (Å²) in [5.41, 5.74) is 6.73. The molecular weight excluding hydrogens is 372 g/mol. The summed E-state index contributed by atoms with van der Waals surface area (Å²) in [5.74, 6) is 1.33. The zero-order chi connectivity index (χ0) is 22.1. The van der Waals surface area contributed by atoms with Crippen LogP contribution in [0.2, 0.25) is 0 Å². The molecule has 2 aliphatic rings. The second kappa shape index (κ2) is 6.54. The molecule has 3 heteroatoms. The number of aromatic hydroxyl groups is 1. The van der Waals surface area contributed by atoms with E-state index in [1.807, 2.05) is 25.1 Å². The number of rotatable bonds is 2. The molecule has 2 heterocycles. The first-order valence-electron chi connectivity index (χ1n) is 10.9. The lowest BCUT2D eigenvalue weighted by Gasteiger charge is -2.52. The molecule has 160 valence electrons. The average Bonchev–Trinajstić information content (AvgIpc) is 2.59. The minimum atomic E-state index is -0.733. The van der Waals surface area contributed by atoms with Crippen LogP contribution in [0.3, 0.4) is 0 Å². The molecule has 2 aromatic carbocycles. The van der Waals surface area contributed by atoms with E-state index in [0.717, 1.165) is 41.9 Å². The van der Waals surface area contributed by atoms with E-state index >= 15 is 0 Å². The SMILES string of the molecule is C=CCc1c(C)c(C)cc2c1C(C)(C)CC1(CC(C)(C)c3cc(O)c(C)cc3O1)O2. The van der Waals surface area contributed by atoms with Gasteiger partial charge in [0.1, 0.15) is 17.2 Å². The summed E-state index contributed by atoms with van der Waals surface area (Å²) in [7, 11) is 0. The van der Waals surface area contributed by atoms with Gasteiger partial charge in [0.05, 0.1) is 0 Å². The van der Waals surface area contributed by atoms with Crippen molar-refractivity contribution in [2.24, 2.45) is 0 Å². The minimum Gasteiger partial charge on any atom is -0.508 e. The molecule has 0 radical (unpaired) electrons. The minimum absolute atomic E-state index is 0.107. The molecule has 0 fully saturated rings. The van der Waals surface area contributed by atoms with Gasteiger partial charge >= 0.3 is 0 Å². The van der Waals surface area contributed by atoms with Crippen molar-refractivity contribution in [3.63, 3.8) is 0 Å². The Bertz CT molecular complexity index is 1040. The standard InChI is InChI=1S/C27H34O3/c1-9-10-19-18(4)16(2)11-23-24(19)26(7,8)15-27(30-23)14-25(5,6)20-13-21(28)17(3)12-22(20)29-27/h9,11-13,28H,1,10,14-15H2,2-8H3. The van der Waals surface area contributed by atoms with E-state index in [0.29, 0.717) is 5.75 Å². The van der Waals surface area contributed by atoms with Crippen LogP contribution in [0.5, 0.6) is 17.2 Å². The van der Waals surface area contributed by atoms with E-state index in [4.69, 9.17) is 9.47 Å². The maximum absolute atomic E-state index is 10.3. The first kappa shape index (κ1) is 20.8. The third-order valence-corrected chi connectivity index (χ3v) is 7.01. The summed E-state index contributed by atoms with van der Waals surface area (Å²) in [6.45, 7) is 19.2. The molecule has 1 unspecified atom stereocenters. The van der Waals surface area contributed by atoms with Crippen molar-refractivity contribution in [3.05, 3.63) is 64.2 Å². The quantitative estimate of drug-likeness (QED) is 0.574. The van der Waals surface area contributed by atoms with E-state index in [-0.39, 0.29) is 10.8 Å². The molecule has 1 atom stereocenters. The number of phenolic OH excluding ortho intramolecular Hbond substituents is 1. The van der Waals surface area contributed by atoms with Gasteiger partial charge in [0.25, 0.3) is 5.79 Å². The first-order valence-corrected chi connectivity index (χ1v) is 10.9. The fourth-order valence-corrected chi connectivity index (χ4v) is 5.62. The van der Waals surface area contributed by atoms with Gasteiger partial charge in [-0.05, 0) is 67.6 Å². The van der Waals surface area contributed by atoms with Gasteiger partial charge in [0.2, 0.25) is 0 Å². The predicted octanol–water partition coefficient (Wildman–Crippen LogP) is 6.56. The summed E-state index contributed by atoms with van der Waals surface area (Å²) < 4.78 is 13.4. The summed E-state index contributed by atoms with van der Waals surface area (Å²) in [5, 5.41) is 10.3. The lowest BCUT2D eigenvalue weighted by Crippen LogP contribution is -2.56. The third-order valence-electron chi connectivity index (χ3n) is 7.01. The Morgan fingerprint density at radius 3 is 2.20 bits per heavy atom. The molecule has 2 aromatic rings.